The van der Waals surface area contributed by atoms with Gasteiger partial charge in [0.2, 0.25) is 0 Å². The molecule has 0 fully saturated rings. The lowest BCUT2D eigenvalue weighted by Gasteiger charge is -2.27. The summed E-state index contributed by atoms with van der Waals surface area (Å²) in [6, 6.07) is 12.4. The monoisotopic (exact) mass is 324 g/mol. The number of para-hydroxylation sites is 1. The minimum absolute atomic E-state index is 0.0861. The van der Waals surface area contributed by atoms with Crippen LogP contribution in [0.1, 0.15) is 16.7 Å². The van der Waals surface area contributed by atoms with Gasteiger partial charge in [0.1, 0.15) is 18.1 Å². The molecule has 0 spiro atoms. The molecule has 0 saturated heterocycles. The fraction of sp³-hybridized carbons (Fsp3) is 0.316. The number of carbonyl (C=O) groups is 1. The summed E-state index contributed by atoms with van der Waals surface area (Å²) in [6.07, 6.45) is 0.960. The van der Waals surface area contributed by atoms with Gasteiger partial charge in [0, 0.05) is 12.6 Å². The Morgan fingerprint density at radius 1 is 1.25 bits per heavy atom. The van der Waals surface area contributed by atoms with Gasteiger partial charge in [-0.3, -0.25) is 4.79 Å². The maximum Gasteiger partial charge on any atom is 0.262 e. The second kappa shape index (κ2) is 6.17. The van der Waals surface area contributed by atoms with Gasteiger partial charge in [0.25, 0.3) is 5.91 Å². The molecular weight excluding hydrogens is 304 g/mol. The van der Waals surface area contributed by atoms with Gasteiger partial charge in [0.15, 0.2) is 6.61 Å². The van der Waals surface area contributed by atoms with E-state index < -0.39 is 0 Å². The van der Waals surface area contributed by atoms with Crippen molar-refractivity contribution >= 4 is 11.6 Å². The zero-order valence-electron chi connectivity index (χ0n) is 13.6. The van der Waals surface area contributed by atoms with Crippen LogP contribution >= 0.6 is 0 Å². The fourth-order valence-corrected chi connectivity index (χ4v) is 3.22. The molecule has 0 saturated carbocycles. The Labute approximate surface area is 141 Å². The third-order valence-corrected chi connectivity index (χ3v) is 4.46. The van der Waals surface area contributed by atoms with Gasteiger partial charge in [-0.05, 0) is 42.2 Å². The molecule has 0 bridgehead atoms. The number of hydrogen-bond donors (Lipinski definition) is 2. The van der Waals surface area contributed by atoms with E-state index in [1.165, 1.54) is 11.1 Å². The number of aryl methyl sites for hydroxylation is 1. The van der Waals surface area contributed by atoms with Crippen LogP contribution in [0.25, 0.3) is 0 Å². The summed E-state index contributed by atoms with van der Waals surface area (Å²) in [7, 11) is 0. The number of nitrogens with one attached hydrogen (secondary N) is 2. The topological polar surface area (TPSA) is 59.6 Å². The molecule has 1 atom stereocenters. The standard InChI is InChI=1S/C19H20N2O3/c1-12-3-2-4-14-8-15(10-24-19(12)14)20-9-13-5-6-17-16(7-13)21-18(22)11-23-17/h2-7,15,20H,8-11H2,1H3,(H,21,22). The fourth-order valence-electron chi connectivity index (χ4n) is 3.22. The molecule has 4 rings (SSSR count). The number of fused-ring (bicyclic) bond motifs is 2. The van der Waals surface area contributed by atoms with E-state index in [1.807, 2.05) is 18.2 Å². The van der Waals surface area contributed by atoms with Crippen LogP contribution in [0.3, 0.4) is 0 Å². The minimum Gasteiger partial charge on any atom is -0.491 e. The molecule has 1 unspecified atom stereocenters. The zero-order chi connectivity index (χ0) is 16.5. The van der Waals surface area contributed by atoms with E-state index in [0.29, 0.717) is 6.61 Å². The van der Waals surface area contributed by atoms with Crippen molar-refractivity contribution < 1.29 is 14.3 Å². The van der Waals surface area contributed by atoms with E-state index in [4.69, 9.17) is 9.47 Å². The lowest BCUT2D eigenvalue weighted by molar-refractivity contribution is -0.118. The van der Waals surface area contributed by atoms with E-state index >= 15 is 0 Å². The Hall–Kier alpha value is -2.53. The Balaban J connectivity index is 1.41. The van der Waals surface area contributed by atoms with Crippen LogP contribution in [-0.2, 0) is 17.8 Å². The van der Waals surface area contributed by atoms with Gasteiger partial charge in [-0.1, -0.05) is 24.3 Å². The van der Waals surface area contributed by atoms with Crippen molar-refractivity contribution in [1.82, 2.24) is 5.32 Å². The quantitative estimate of drug-likeness (QED) is 0.910. The van der Waals surface area contributed by atoms with Crippen LogP contribution in [0.4, 0.5) is 5.69 Å². The average Bonchev–Trinajstić information content (AvgIpc) is 2.59. The Morgan fingerprint density at radius 2 is 2.17 bits per heavy atom. The minimum atomic E-state index is -0.111. The van der Waals surface area contributed by atoms with Crippen LogP contribution in [0.15, 0.2) is 36.4 Å². The molecule has 0 aliphatic carbocycles. The molecule has 2 heterocycles. The first kappa shape index (κ1) is 15.0. The average molecular weight is 324 g/mol. The van der Waals surface area contributed by atoms with Gasteiger partial charge in [-0.25, -0.2) is 0 Å². The summed E-state index contributed by atoms with van der Waals surface area (Å²) in [5, 5.41) is 6.38. The van der Waals surface area contributed by atoms with Crippen molar-refractivity contribution in [3.8, 4) is 11.5 Å². The van der Waals surface area contributed by atoms with Crippen LogP contribution in [0, 0.1) is 6.92 Å². The highest BCUT2D eigenvalue weighted by atomic mass is 16.5. The van der Waals surface area contributed by atoms with Crippen LogP contribution in [-0.4, -0.2) is 25.2 Å². The normalized spacial score (nSPS) is 18.7. The largest absolute Gasteiger partial charge is 0.491 e. The molecule has 2 aliphatic rings. The molecule has 1 amide bonds. The summed E-state index contributed by atoms with van der Waals surface area (Å²) in [5.41, 5.74) is 4.29. The first-order chi connectivity index (χ1) is 11.7. The summed E-state index contributed by atoms with van der Waals surface area (Å²) in [4.78, 5) is 11.4. The second-order valence-electron chi connectivity index (χ2n) is 6.32. The molecule has 0 aromatic heterocycles. The van der Waals surface area contributed by atoms with Crippen molar-refractivity contribution in [2.75, 3.05) is 18.5 Å². The Morgan fingerprint density at radius 3 is 3.08 bits per heavy atom. The lowest BCUT2D eigenvalue weighted by atomic mass is 10.00. The summed E-state index contributed by atoms with van der Waals surface area (Å²) in [6.45, 7) is 3.56. The SMILES string of the molecule is Cc1cccc2c1OCC(NCc1ccc3c(c1)NC(=O)CO3)C2. The molecule has 2 N–H and O–H groups in total. The number of benzene rings is 2. The van der Waals surface area contributed by atoms with Gasteiger partial charge in [-0.15, -0.1) is 0 Å². The first-order valence-corrected chi connectivity index (χ1v) is 8.19. The van der Waals surface area contributed by atoms with Crippen molar-refractivity contribution in [2.45, 2.75) is 25.9 Å². The predicted octanol–water partition coefficient (Wildman–Crippen LogP) is 2.42. The number of ether oxygens (including phenoxy) is 2. The molecule has 2 aromatic rings. The van der Waals surface area contributed by atoms with Crippen molar-refractivity contribution in [3.63, 3.8) is 0 Å². The summed E-state index contributed by atoms with van der Waals surface area (Å²) >= 11 is 0. The van der Waals surface area contributed by atoms with E-state index in [1.54, 1.807) is 0 Å². The predicted molar refractivity (Wildman–Crippen MR) is 91.6 cm³/mol. The summed E-state index contributed by atoms with van der Waals surface area (Å²) in [5.74, 6) is 1.65. The molecular formula is C19H20N2O3. The van der Waals surface area contributed by atoms with E-state index in [-0.39, 0.29) is 18.6 Å². The summed E-state index contributed by atoms with van der Waals surface area (Å²) < 4.78 is 11.3. The highest BCUT2D eigenvalue weighted by Gasteiger charge is 2.21. The van der Waals surface area contributed by atoms with Crippen molar-refractivity contribution in [1.29, 1.82) is 0 Å². The van der Waals surface area contributed by atoms with Gasteiger partial charge < -0.3 is 20.1 Å². The molecule has 5 heteroatoms. The molecule has 124 valence electrons. The van der Waals surface area contributed by atoms with Crippen LogP contribution in [0.2, 0.25) is 0 Å². The molecule has 5 nitrogen and oxygen atoms in total. The smallest absolute Gasteiger partial charge is 0.262 e. The number of carbonyl (C=O) groups excluding carboxylic acids is 1. The van der Waals surface area contributed by atoms with Crippen molar-refractivity contribution in [2.24, 2.45) is 0 Å². The van der Waals surface area contributed by atoms with Gasteiger partial charge >= 0.3 is 0 Å². The van der Waals surface area contributed by atoms with E-state index in [0.717, 1.165) is 35.7 Å². The molecule has 24 heavy (non-hydrogen) atoms. The molecule has 2 aromatic carbocycles. The van der Waals surface area contributed by atoms with Crippen LogP contribution < -0.4 is 20.1 Å². The van der Waals surface area contributed by atoms with Crippen molar-refractivity contribution in [3.05, 3.63) is 53.1 Å². The molecule has 2 aliphatic heterocycles. The molecule has 0 radical (unpaired) electrons. The first-order valence-electron chi connectivity index (χ1n) is 8.19. The lowest BCUT2D eigenvalue weighted by Crippen LogP contribution is -2.39. The third kappa shape index (κ3) is 2.95. The number of amides is 1. The third-order valence-electron chi connectivity index (χ3n) is 4.46. The van der Waals surface area contributed by atoms with Crippen LogP contribution in [0.5, 0.6) is 11.5 Å². The second-order valence-corrected chi connectivity index (χ2v) is 6.32. The van der Waals surface area contributed by atoms with Gasteiger partial charge in [0.05, 0.1) is 5.69 Å². The maximum absolute atomic E-state index is 11.4. The Kier molecular flexibility index (Phi) is 3.86. The number of rotatable bonds is 3. The highest BCUT2D eigenvalue weighted by Crippen LogP contribution is 2.30. The Bertz CT molecular complexity index is 788. The zero-order valence-corrected chi connectivity index (χ0v) is 13.6. The van der Waals surface area contributed by atoms with E-state index in [9.17, 15) is 4.79 Å². The van der Waals surface area contributed by atoms with Gasteiger partial charge in [-0.2, -0.15) is 0 Å². The number of hydrogen-bond acceptors (Lipinski definition) is 4. The maximum atomic E-state index is 11.4. The highest BCUT2D eigenvalue weighted by molar-refractivity contribution is 5.95. The number of anilines is 1. The van der Waals surface area contributed by atoms with E-state index in [2.05, 4.69) is 35.8 Å².